The van der Waals surface area contributed by atoms with Crippen LogP contribution in [0.25, 0.3) is 0 Å². The summed E-state index contributed by atoms with van der Waals surface area (Å²) in [6, 6.07) is 7.94. The topological polar surface area (TPSA) is 84.2 Å². The molecular formula is C16H17N3O3. The number of nitrogens with zero attached hydrogens (tertiary/aromatic N) is 2. The predicted octanol–water partition coefficient (Wildman–Crippen LogP) is 1.93. The molecule has 22 heavy (non-hydrogen) atoms. The van der Waals surface area contributed by atoms with Gasteiger partial charge in [0.2, 0.25) is 0 Å². The van der Waals surface area contributed by atoms with Crippen molar-refractivity contribution < 1.29 is 14.7 Å². The lowest BCUT2D eigenvalue weighted by molar-refractivity contribution is 0.0689. The molecule has 0 fully saturated rings. The zero-order valence-corrected chi connectivity index (χ0v) is 12.2. The Morgan fingerprint density at radius 3 is 2.91 bits per heavy atom. The van der Waals surface area contributed by atoms with E-state index in [2.05, 4.69) is 16.5 Å². The third-order valence-electron chi connectivity index (χ3n) is 4.06. The van der Waals surface area contributed by atoms with E-state index < -0.39 is 11.9 Å². The molecule has 6 nitrogen and oxygen atoms in total. The van der Waals surface area contributed by atoms with E-state index in [1.165, 1.54) is 16.4 Å². The van der Waals surface area contributed by atoms with Crippen LogP contribution in [-0.2, 0) is 13.5 Å². The van der Waals surface area contributed by atoms with E-state index in [1.54, 1.807) is 7.05 Å². The van der Waals surface area contributed by atoms with Crippen molar-refractivity contribution in [1.82, 2.24) is 15.1 Å². The van der Waals surface area contributed by atoms with Gasteiger partial charge in [-0.2, -0.15) is 5.10 Å². The van der Waals surface area contributed by atoms with Gasteiger partial charge in [-0.1, -0.05) is 24.3 Å². The molecule has 0 saturated heterocycles. The number of carbonyl (C=O) groups excluding carboxylic acids is 1. The molecular weight excluding hydrogens is 282 g/mol. The fourth-order valence-electron chi connectivity index (χ4n) is 2.99. The first-order valence-corrected chi connectivity index (χ1v) is 7.22. The van der Waals surface area contributed by atoms with Crippen molar-refractivity contribution in [2.75, 3.05) is 0 Å². The molecule has 2 aromatic rings. The average molecular weight is 299 g/mol. The average Bonchev–Trinajstić information content (AvgIpc) is 2.90. The molecule has 2 N–H and O–H groups in total. The summed E-state index contributed by atoms with van der Waals surface area (Å²) >= 11 is 0. The lowest BCUT2D eigenvalue weighted by Gasteiger charge is -2.26. The van der Waals surface area contributed by atoms with Gasteiger partial charge in [-0.05, 0) is 30.4 Å². The highest BCUT2D eigenvalue weighted by atomic mass is 16.4. The highest BCUT2D eigenvalue weighted by Crippen LogP contribution is 2.29. The number of carboxylic acids is 1. The molecule has 1 aromatic heterocycles. The zero-order valence-electron chi connectivity index (χ0n) is 12.2. The molecule has 1 amide bonds. The second-order valence-electron chi connectivity index (χ2n) is 5.45. The molecule has 3 rings (SSSR count). The zero-order chi connectivity index (χ0) is 15.7. The van der Waals surface area contributed by atoms with Gasteiger partial charge in [-0.15, -0.1) is 0 Å². The van der Waals surface area contributed by atoms with Crippen LogP contribution in [0, 0.1) is 0 Å². The maximum atomic E-state index is 12.5. The van der Waals surface area contributed by atoms with Gasteiger partial charge in [0.15, 0.2) is 0 Å². The molecule has 1 aliphatic rings. The highest BCUT2D eigenvalue weighted by Gasteiger charge is 2.26. The third kappa shape index (κ3) is 2.47. The van der Waals surface area contributed by atoms with Crippen LogP contribution in [0.3, 0.4) is 0 Å². The summed E-state index contributed by atoms with van der Waals surface area (Å²) < 4.78 is 1.30. The number of aryl methyl sites for hydroxylation is 2. The van der Waals surface area contributed by atoms with Crippen molar-refractivity contribution >= 4 is 11.9 Å². The van der Waals surface area contributed by atoms with Crippen LogP contribution < -0.4 is 5.32 Å². The molecule has 114 valence electrons. The maximum Gasteiger partial charge on any atom is 0.339 e. The summed E-state index contributed by atoms with van der Waals surface area (Å²) in [6.45, 7) is 0. The van der Waals surface area contributed by atoms with E-state index in [-0.39, 0.29) is 17.3 Å². The number of hydrogen-bond acceptors (Lipinski definition) is 3. The van der Waals surface area contributed by atoms with Crippen LogP contribution in [0.4, 0.5) is 0 Å². The summed E-state index contributed by atoms with van der Waals surface area (Å²) in [4.78, 5) is 23.7. The number of aromatic carboxylic acids is 1. The Morgan fingerprint density at radius 2 is 2.14 bits per heavy atom. The van der Waals surface area contributed by atoms with Gasteiger partial charge >= 0.3 is 5.97 Å². The summed E-state index contributed by atoms with van der Waals surface area (Å²) in [7, 11) is 1.57. The van der Waals surface area contributed by atoms with Crippen molar-refractivity contribution in [2.45, 2.75) is 25.3 Å². The molecule has 1 aliphatic carbocycles. The van der Waals surface area contributed by atoms with Gasteiger partial charge in [0.05, 0.1) is 12.2 Å². The normalized spacial score (nSPS) is 16.9. The first kappa shape index (κ1) is 14.3. The summed E-state index contributed by atoms with van der Waals surface area (Å²) in [5.41, 5.74) is 2.35. The highest BCUT2D eigenvalue weighted by molar-refractivity contribution is 6.03. The number of aromatic nitrogens is 2. The van der Waals surface area contributed by atoms with Crippen molar-refractivity contribution in [2.24, 2.45) is 7.05 Å². The van der Waals surface area contributed by atoms with E-state index in [9.17, 15) is 9.59 Å². The van der Waals surface area contributed by atoms with Gasteiger partial charge in [-0.3, -0.25) is 9.48 Å². The van der Waals surface area contributed by atoms with Gasteiger partial charge < -0.3 is 10.4 Å². The van der Waals surface area contributed by atoms with Crippen LogP contribution in [0.2, 0.25) is 0 Å². The Bertz CT molecular complexity index is 736. The Hall–Kier alpha value is -2.63. The molecule has 1 unspecified atom stereocenters. The van der Waals surface area contributed by atoms with E-state index >= 15 is 0 Å². The van der Waals surface area contributed by atoms with Crippen LogP contribution in [0.15, 0.2) is 30.5 Å². The number of fused-ring (bicyclic) bond motifs is 1. The smallest absolute Gasteiger partial charge is 0.339 e. The number of hydrogen-bond donors (Lipinski definition) is 2. The van der Waals surface area contributed by atoms with E-state index in [4.69, 9.17) is 5.11 Å². The number of benzene rings is 1. The minimum atomic E-state index is -1.15. The minimum Gasteiger partial charge on any atom is -0.478 e. The first-order valence-electron chi connectivity index (χ1n) is 7.22. The van der Waals surface area contributed by atoms with Gasteiger partial charge in [0, 0.05) is 7.05 Å². The molecule has 1 atom stereocenters. The number of rotatable bonds is 3. The molecule has 0 radical (unpaired) electrons. The SMILES string of the molecule is Cn1ncc(C(=O)O)c1C(=O)NC1CCCc2ccccc21. The van der Waals surface area contributed by atoms with E-state index in [1.807, 2.05) is 18.2 Å². The number of carboxylic acid groups (broad SMARTS) is 1. The fraction of sp³-hybridized carbons (Fsp3) is 0.312. The Balaban J connectivity index is 1.87. The van der Waals surface area contributed by atoms with Crippen molar-refractivity contribution in [3.8, 4) is 0 Å². The standard InChI is InChI=1S/C16H17N3O3/c1-19-14(12(9-17-19)16(21)22)15(20)18-13-8-4-6-10-5-2-3-7-11(10)13/h2-3,5,7,9,13H,4,6,8H2,1H3,(H,18,20)(H,21,22). The molecule has 0 aliphatic heterocycles. The Morgan fingerprint density at radius 1 is 1.36 bits per heavy atom. The van der Waals surface area contributed by atoms with Crippen molar-refractivity contribution in [3.05, 3.63) is 52.8 Å². The van der Waals surface area contributed by atoms with Gasteiger partial charge in [0.1, 0.15) is 11.3 Å². The largest absolute Gasteiger partial charge is 0.478 e. The molecule has 1 heterocycles. The summed E-state index contributed by atoms with van der Waals surface area (Å²) in [5.74, 6) is -1.55. The van der Waals surface area contributed by atoms with Gasteiger partial charge in [0.25, 0.3) is 5.91 Å². The van der Waals surface area contributed by atoms with E-state index in [0.29, 0.717) is 0 Å². The quantitative estimate of drug-likeness (QED) is 0.907. The summed E-state index contributed by atoms with van der Waals surface area (Å²) in [5, 5.41) is 16.0. The second kappa shape index (κ2) is 5.63. The molecule has 1 aromatic carbocycles. The van der Waals surface area contributed by atoms with Crippen LogP contribution in [-0.4, -0.2) is 26.8 Å². The lowest BCUT2D eigenvalue weighted by Crippen LogP contribution is -2.33. The van der Waals surface area contributed by atoms with Crippen LogP contribution in [0.5, 0.6) is 0 Å². The fourth-order valence-corrected chi connectivity index (χ4v) is 2.99. The molecule has 0 bridgehead atoms. The van der Waals surface area contributed by atoms with Crippen LogP contribution >= 0.6 is 0 Å². The van der Waals surface area contributed by atoms with Gasteiger partial charge in [-0.25, -0.2) is 4.79 Å². The third-order valence-corrected chi connectivity index (χ3v) is 4.06. The minimum absolute atomic E-state index is 0.0792. The maximum absolute atomic E-state index is 12.5. The van der Waals surface area contributed by atoms with E-state index in [0.717, 1.165) is 24.8 Å². The summed E-state index contributed by atoms with van der Waals surface area (Å²) in [6.07, 6.45) is 4.06. The number of carbonyl (C=O) groups is 2. The monoisotopic (exact) mass is 299 g/mol. The van der Waals surface area contributed by atoms with Crippen molar-refractivity contribution in [1.29, 1.82) is 0 Å². The molecule has 0 saturated carbocycles. The molecule has 6 heteroatoms. The predicted molar refractivity (Wildman–Crippen MR) is 79.8 cm³/mol. The Kier molecular flexibility index (Phi) is 3.66. The first-order chi connectivity index (χ1) is 10.6. The molecule has 0 spiro atoms. The second-order valence-corrected chi connectivity index (χ2v) is 5.45. The number of amides is 1. The van der Waals surface area contributed by atoms with Crippen molar-refractivity contribution in [3.63, 3.8) is 0 Å². The van der Waals surface area contributed by atoms with Crippen LogP contribution in [0.1, 0.15) is 50.9 Å². The number of nitrogens with one attached hydrogen (secondary N) is 1. The lowest BCUT2D eigenvalue weighted by atomic mass is 9.87. The Labute approximate surface area is 127 Å².